The Morgan fingerprint density at radius 2 is 2.15 bits per heavy atom. The molecule has 2 fully saturated rings. The van der Waals surface area contributed by atoms with Crippen LogP contribution in [-0.2, 0) is 17.8 Å². The van der Waals surface area contributed by atoms with Crippen molar-refractivity contribution in [3.05, 3.63) is 48.3 Å². The minimum Gasteiger partial charge on any atom is -0.348 e. The highest BCUT2D eigenvalue weighted by Crippen LogP contribution is 2.39. The van der Waals surface area contributed by atoms with Gasteiger partial charge in [0.15, 0.2) is 0 Å². The third-order valence-corrected chi connectivity index (χ3v) is 5.82. The van der Waals surface area contributed by atoms with Crippen LogP contribution in [0, 0.1) is 5.41 Å². The van der Waals surface area contributed by atoms with Crippen molar-refractivity contribution in [3.63, 3.8) is 0 Å². The molecule has 0 unspecified atom stereocenters. The van der Waals surface area contributed by atoms with E-state index in [1.54, 1.807) is 6.33 Å². The first kappa shape index (κ1) is 17.2. The summed E-state index contributed by atoms with van der Waals surface area (Å²) in [6.45, 7) is 4.85. The number of hydrogen-bond acceptors (Lipinski definition) is 4. The first-order valence-electron chi connectivity index (χ1n) is 9.59. The molecule has 0 bridgehead atoms. The number of H-pyrrole nitrogens is 1. The smallest absolute Gasteiger partial charge is 0.222 e. The van der Waals surface area contributed by atoms with E-state index in [-0.39, 0.29) is 5.41 Å². The molecule has 4 rings (SSSR count). The van der Waals surface area contributed by atoms with Gasteiger partial charge >= 0.3 is 0 Å². The lowest BCUT2D eigenvalue weighted by Gasteiger charge is -2.48. The van der Waals surface area contributed by atoms with Gasteiger partial charge in [-0.05, 0) is 37.4 Å². The topological polar surface area (TPSA) is 65.1 Å². The highest BCUT2D eigenvalue weighted by molar-refractivity contribution is 5.77. The number of piperidine rings is 2. The Labute approximate surface area is 154 Å². The number of nitrogens with zero attached hydrogens (tertiary/aromatic N) is 4. The SMILES string of the molecule is O=C1CC[C@@]2(CCCN(Cc3cccnc3)C2)CN1CCc1cnc[nH]1. The Kier molecular flexibility index (Phi) is 5.02. The summed E-state index contributed by atoms with van der Waals surface area (Å²) in [6.07, 6.45) is 12.3. The maximum Gasteiger partial charge on any atom is 0.222 e. The van der Waals surface area contributed by atoms with Crippen LogP contribution in [0.2, 0.25) is 0 Å². The van der Waals surface area contributed by atoms with E-state index < -0.39 is 0 Å². The van der Waals surface area contributed by atoms with E-state index in [1.165, 1.54) is 18.4 Å². The first-order chi connectivity index (χ1) is 12.7. The molecular weight excluding hydrogens is 326 g/mol. The standard InChI is InChI=1S/C20H27N5O/c26-19-4-7-20(15-25(19)10-5-18-12-22-16-23-18)6-2-9-24(14-20)13-17-3-1-8-21-11-17/h1,3,8,11-12,16H,2,4-7,9-10,13-15H2,(H,22,23)/t20-/m1/s1. The molecule has 2 aliphatic rings. The molecule has 0 saturated carbocycles. The summed E-state index contributed by atoms with van der Waals surface area (Å²) in [6, 6.07) is 4.15. The fraction of sp³-hybridized carbons (Fsp3) is 0.550. The Morgan fingerprint density at radius 3 is 2.96 bits per heavy atom. The zero-order valence-corrected chi connectivity index (χ0v) is 15.2. The number of pyridine rings is 1. The average molecular weight is 353 g/mol. The third-order valence-electron chi connectivity index (χ3n) is 5.82. The molecule has 2 saturated heterocycles. The lowest BCUT2D eigenvalue weighted by Crippen LogP contribution is -2.54. The largest absolute Gasteiger partial charge is 0.348 e. The summed E-state index contributed by atoms with van der Waals surface area (Å²) < 4.78 is 0. The molecule has 138 valence electrons. The highest BCUT2D eigenvalue weighted by atomic mass is 16.2. The minimum absolute atomic E-state index is 0.252. The highest BCUT2D eigenvalue weighted by Gasteiger charge is 2.41. The zero-order valence-electron chi connectivity index (χ0n) is 15.2. The minimum atomic E-state index is 0.252. The molecule has 0 radical (unpaired) electrons. The predicted molar refractivity (Wildman–Crippen MR) is 99.3 cm³/mol. The van der Waals surface area contributed by atoms with Gasteiger partial charge in [0, 0.05) is 68.7 Å². The molecule has 6 nitrogen and oxygen atoms in total. The van der Waals surface area contributed by atoms with Crippen molar-refractivity contribution in [2.24, 2.45) is 5.41 Å². The first-order valence-corrected chi connectivity index (χ1v) is 9.59. The van der Waals surface area contributed by atoms with Crippen LogP contribution < -0.4 is 0 Å². The fourth-order valence-corrected chi connectivity index (χ4v) is 4.51. The number of carbonyl (C=O) groups is 1. The van der Waals surface area contributed by atoms with Crippen LogP contribution in [0.5, 0.6) is 0 Å². The van der Waals surface area contributed by atoms with Crippen LogP contribution in [0.25, 0.3) is 0 Å². The van der Waals surface area contributed by atoms with Crippen LogP contribution in [-0.4, -0.2) is 56.8 Å². The van der Waals surface area contributed by atoms with Crippen LogP contribution in [0.4, 0.5) is 0 Å². The molecule has 2 aromatic heterocycles. The van der Waals surface area contributed by atoms with E-state index in [2.05, 4.69) is 30.8 Å². The van der Waals surface area contributed by atoms with E-state index in [4.69, 9.17) is 0 Å². The number of carbonyl (C=O) groups excluding carboxylic acids is 1. The van der Waals surface area contributed by atoms with Crippen molar-refractivity contribution >= 4 is 5.91 Å². The second-order valence-corrected chi connectivity index (χ2v) is 7.82. The van der Waals surface area contributed by atoms with Gasteiger partial charge in [-0.2, -0.15) is 0 Å². The van der Waals surface area contributed by atoms with Crippen molar-refractivity contribution in [1.82, 2.24) is 24.8 Å². The number of imidazole rings is 1. The van der Waals surface area contributed by atoms with Gasteiger partial charge in [-0.1, -0.05) is 6.07 Å². The van der Waals surface area contributed by atoms with Gasteiger partial charge in [0.05, 0.1) is 6.33 Å². The molecule has 0 aromatic carbocycles. The van der Waals surface area contributed by atoms with Crippen molar-refractivity contribution in [3.8, 4) is 0 Å². The second-order valence-electron chi connectivity index (χ2n) is 7.82. The van der Waals surface area contributed by atoms with Gasteiger partial charge in [0.1, 0.15) is 0 Å². The Bertz CT molecular complexity index is 717. The molecule has 4 heterocycles. The molecule has 1 N–H and O–H groups in total. The zero-order chi connectivity index (χ0) is 17.8. The number of aromatic amines is 1. The van der Waals surface area contributed by atoms with Gasteiger partial charge in [-0.15, -0.1) is 0 Å². The summed E-state index contributed by atoms with van der Waals surface area (Å²) in [4.78, 5) is 28.5. The summed E-state index contributed by atoms with van der Waals surface area (Å²) >= 11 is 0. The monoisotopic (exact) mass is 353 g/mol. The lowest BCUT2D eigenvalue weighted by atomic mass is 9.73. The van der Waals surface area contributed by atoms with Crippen LogP contribution >= 0.6 is 0 Å². The normalized spacial score (nSPS) is 24.3. The Morgan fingerprint density at radius 1 is 1.19 bits per heavy atom. The van der Waals surface area contributed by atoms with Crippen LogP contribution in [0.15, 0.2) is 37.1 Å². The quantitative estimate of drug-likeness (QED) is 0.895. The lowest BCUT2D eigenvalue weighted by molar-refractivity contribution is -0.139. The van der Waals surface area contributed by atoms with Crippen LogP contribution in [0.3, 0.4) is 0 Å². The number of rotatable bonds is 5. The van der Waals surface area contributed by atoms with Gasteiger partial charge in [0.25, 0.3) is 0 Å². The number of hydrogen-bond donors (Lipinski definition) is 1. The van der Waals surface area contributed by atoms with E-state index in [0.29, 0.717) is 12.3 Å². The van der Waals surface area contributed by atoms with Gasteiger partial charge in [-0.3, -0.25) is 14.7 Å². The van der Waals surface area contributed by atoms with E-state index in [1.807, 2.05) is 24.7 Å². The van der Waals surface area contributed by atoms with Crippen molar-refractivity contribution in [2.75, 3.05) is 26.2 Å². The maximum absolute atomic E-state index is 12.4. The van der Waals surface area contributed by atoms with Crippen LogP contribution in [0.1, 0.15) is 36.9 Å². The van der Waals surface area contributed by atoms with Gasteiger partial charge in [-0.25, -0.2) is 4.98 Å². The molecule has 1 spiro atoms. The number of amides is 1. The molecule has 0 aliphatic carbocycles. The third kappa shape index (κ3) is 3.96. The molecule has 26 heavy (non-hydrogen) atoms. The molecule has 1 atom stereocenters. The van der Waals surface area contributed by atoms with Crippen molar-refractivity contribution < 1.29 is 4.79 Å². The second kappa shape index (κ2) is 7.58. The average Bonchev–Trinajstić information content (AvgIpc) is 3.17. The number of nitrogens with one attached hydrogen (secondary N) is 1. The summed E-state index contributed by atoms with van der Waals surface area (Å²) in [5.74, 6) is 0.305. The van der Waals surface area contributed by atoms with E-state index in [9.17, 15) is 4.79 Å². The van der Waals surface area contributed by atoms with Gasteiger partial charge in [0.2, 0.25) is 5.91 Å². The van der Waals surface area contributed by atoms with E-state index >= 15 is 0 Å². The summed E-state index contributed by atoms with van der Waals surface area (Å²) in [5.41, 5.74) is 2.62. The van der Waals surface area contributed by atoms with Gasteiger partial charge < -0.3 is 9.88 Å². The molecule has 1 amide bonds. The summed E-state index contributed by atoms with van der Waals surface area (Å²) in [7, 11) is 0. The molecular formula is C20H27N5O. The molecule has 2 aromatic rings. The van der Waals surface area contributed by atoms with Crippen molar-refractivity contribution in [2.45, 2.75) is 38.6 Å². The fourth-order valence-electron chi connectivity index (χ4n) is 4.51. The number of likely N-dealkylation sites (tertiary alicyclic amines) is 2. The van der Waals surface area contributed by atoms with Crippen molar-refractivity contribution in [1.29, 1.82) is 0 Å². The maximum atomic E-state index is 12.4. The van der Waals surface area contributed by atoms with E-state index in [0.717, 1.165) is 51.3 Å². The molecule has 2 aliphatic heterocycles. The Balaban J connectivity index is 1.39. The Hall–Kier alpha value is -2.21. The molecule has 6 heteroatoms. The summed E-state index contributed by atoms with van der Waals surface area (Å²) in [5, 5.41) is 0. The predicted octanol–water partition coefficient (Wildman–Crippen LogP) is 2.25. The number of aromatic nitrogens is 3.